The van der Waals surface area contributed by atoms with Gasteiger partial charge in [-0.1, -0.05) is 6.07 Å². The zero-order valence-corrected chi connectivity index (χ0v) is 9.64. The zero-order valence-electron chi connectivity index (χ0n) is 8.83. The molecule has 0 aliphatic rings. The smallest absolute Gasteiger partial charge is 0.214 e. The van der Waals surface area contributed by atoms with Crippen LogP contribution in [0.15, 0.2) is 18.2 Å². The Morgan fingerprint density at radius 1 is 1.60 bits per heavy atom. The van der Waals surface area contributed by atoms with Crippen LogP contribution in [0.2, 0.25) is 0 Å². The van der Waals surface area contributed by atoms with Gasteiger partial charge in [0.2, 0.25) is 5.95 Å². The van der Waals surface area contributed by atoms with Gasteiger partial charge in [0.25, 0.3) is 0 Å². The van der Waals surface area contributed by atoms with Crippen LogP contribution in [0, 0.1) is 5.95 Å². The highest BCUT2D eigenvalue weighted by Gasteiger charge is 2.19. The molecule has 1 aromatic heterocycles. The van der Waals surface area contributed by atoms with Gasteiger partial charge < -0.3 is 10.4 Å². The van der Waals surface area contributed by atoms with Crippen LogP contribution in [0.5, 0.6) is 0 Å². The van der Waals surface area contributed by atoms with Gasteiger partial charge in [0.1, 0.15) is 5.82 Å². The number of anilines is 1. The molecule has 15 heavy (non-hydrogen) atoms. The average molecular weight is 230 g/mol. The number of halogens is 1. The monoisotopic (exact) mass is 230 g/mol. The molecule has 5 heteroatoms. The van der Waals surface area contributed by atoms with Crippen LogP contribution in [0.25, 0.3) is 0 Å². The normalized spacial score (nSPS) is 14.7. The van der Waals surface area contributed by atoms with Crippen LogP contribution in [0.1, 0.15) is 6.92 Å². The summed E-state index contributed by atoms with van der Waals surface area (Å²) in [6.07, 6.45) is 1.93. The fourth-order valence-corrected chi connectivity index (χ4v) is 1.87. The van der Waals surface area contributed by atoms with Gasteiger partial charge >= 0.3 is 0 Å². The lowest BCUT2D eigenvalue weighted by molar-refractivity contribution is 0.0996. The van der Waals surface area contributed by atoms with Crippen molar-refractivity contribution in [1.82, 2.24) is 4.98 Å². The van der Waals surface area contributed by atoms with Crippen molar-refractivity contribution in [2.45, 2.75) is 12.5 Å². The first-order chi connectivity index (χ1) is 7.03. The van der Waals surface area contributed by atoms with Crippen molar-refractivity contribution < 1.29 is 9.50 Å². The number of aromatic nitrogens is 1. The Kier molecular flexibility index (Phi) is 4.35. The van der Waals surface area contributed by atoms with Gasteiger partial charge in [-0.15, -0.1) is 0 Å². The molecule has 0 bridgehead atoms. The summed E-state index contributed by atoms with van der Waals surface area (Å²) < 4.78 is 12.7. The Labute approximate surface area is 93.1 Å². The van der Waals surface area contributed by atoms with Crippen LogP contribution >= 0.6 is 11.8 Å². The van der Waals surface area contributed by atoms with Gasteiger partial charge in [-0.25, -0.2) is 4.98 Å². The molecule has 0 saturated carbocycles. The molecule has 3 nitrogen and oxygen atoms in total. The Balaban J connectivity index is 2.49. The Morgan fingerprint density at radius 3 is 2.93 bits per heavy atom. The van der Waals surface area contributed by atoms with Crippen LogP contribution in [-0.2, 0) is 0 Å². The summed E-state index contributed by atoms with van der Waals surface area (Å²) in [6.45, 7) is 2.08. The predicted molar refractivity (Wildman–Crippen MR) is 61.7 cm³/mol. The molecular weight excluding hydrogens is 215 g/mol. The molecule has 0 unspecified atom stereocenters. The second-order valence-electron chi connectivity index (χ2n) is 3.63. The molecule has 1 heterocycles. The van der Waals surface area contributed by atoms with Crippen molar-refractivity contribution in [2.24, 2.45) is 0 Å². The van der Waals surface area contributed by atoms with Gasteiger partial charge in [-0.2, -0.15) is 16.2 Å². The van der Waals surface area contributed by atoms with Crippen molar-refractivity contribution in [3.63, 3.8) is 0 Å². The second-order valence-corrected chi connectivity index (χ2v) is 4.50. The third-order valence-electron chi connectivity index (χ3n) is 1.82. The fourth-order valence-electron chi connectivity index (χ4n) is 1.15. The quantitative estimate of drug-likeness (QED) is 0.756. The topological polar surface area (TPSA) is 45.1 Å². The van der Waals surface area contributed by atoms with Gasteiger partial charge in [-0.3, -0.25) is 0 Å². The molecule has 0 amide bonds. The van der Waals surface area contributed by atoms with Gasteiger partial charge in [0.05, 0.1) is 5.60 Å². The fraction of sp³-hybridized carbons (Fsp3) is 0.500. The number of rotatable bonds is 5. The maximum atomic E-state index is 12.7. The third-order valence-corrected chi connectivity index (χ3v) is 2.73. The summed E-state index contributed by atoms with van der Waals surface area (Å²) in [7, 11) is 0. The van der Waals surface area contributed by atoms with E-state index in [0.717, 1.165) is 0 Å². The molecule has 2 N–H and O–H groups in total. The van der Waals surface area contributed by atoms with Crippen molar-refractivity contribution in [1.29, 1.82) is 0 Å². The van der Waals surface area contributed by atoms with Gasteiger partial charge in [0.15, 0.2) is 0 Å². The molecule has 84 valence electrons. The number of hydrogen-bond acceptors (Lipinski definition) is 4. The summed E-state index contributed by atoms with van der Waals surface area (Å²) in [5.41, 5.74) is -0.812. The first-order valence-electron chi connectivity index (χ1n) is 4.61. The minimum Gasteiger partial charge on any atom is -0.387 e. The van der Waals surface area contributed by atoms with E-state index < -0.39 is 11.5 Å². The number of nitrogens with one attached hydrogen (secondary N) is 1. The van der Waals surface area contributed by atoms with Crippen molar-refractivity contribution in [3.05, 3.63) is 24.1 Å². The van der Waals surface area contributed by atoms with E-state index in [4.69, 9.17) is 0 Å². The molecule has 0 aliphatic heterocycles. The summed E-state index contributed by atoms with van der Waals surface area (Å²) in [5.74, 6) is 0.538. The maximum Gasteiger partial charge on any atom is 0.214 e. The highest BCUT2D eigenvalue weighted by atomic mass is 32.2. The maximum absolute atomic E-state index is 12.7. The van der Waals surface area contributed by atoms with Gasteiger partial charge in [0, 0.05) is 12.3 Å². The molecule has 0 saturated heterocycles. The molecule has 1 rings (SSSR count). The minimum atomic E-state index is -0.812. The van der Waals surface area contributed by atoms with E-state index in [1.165, 1.54) is 6.07 Å². The molecule has 0 spiro atoms. The Morgan fingerprint density at radius 2 is 2.33 bits per heavy atom. The van der Waals surface area contributed by atoms with Crippen LogP contribution in [0.3, 0.4) is 0 Å². The van der Waals surface area contributed by atoms with E-state index in [2.05, 4.69) is 10.3 Å². The Bertz CT molecular complexity index is 320. The highest BCUT2D eigenvalue weighted by molar-refractivity contribution is 7.98. The zero-order chi connectivity index (χ0) is 11.3. The lowest BCUT2D eigenvalue weighted by Gasteiger charge is -2.22. The first kappa shape index (κ1) is 12.3. The minimum absolute atomic E-state index is 0.351. The van der Waals surface area contributed by atoms with Crippen LogP contribution in [-0.4, -0.2) is 34.2 Å². The van der Waals surface area contributed by atoms with Crippen LogP contribution < -0.4 is 5.32 Å². The molecular formula is C10H15FN2OS. The lowest BCUT2D eigenvalue weighted by Crippen LogP contribution is -2.36. The van der Waals surface area contributed by atoms with Crippen molar-refractivity contribution in [3.8, 4) is 0 Å². The molecule has 1 atom stereocenters. The number of aliphatic hydroxyl groups is 1. The lowest BCUT2D eigenvalue weighted by atomic mass is 10.1. The molecule has 1 aromatic rings. The van der Waals surface area contributed by atoms with Gasteiger partial charge in [-0.05, 0) is 25.3 Å². The van der Waals surface area contributed by atoms with E-state index in [9.17, 15) is 9.50 Å². The number of nitrogens with zero attached hydrogens (tertiary/aromatic N) is 1. The average Bonchev–Trinajstić information content (AvgIpc) is 2.15. The number of hydrogen-bond donors (Lipinski definition) is 2. The Hall–Kier alpha value is -0.810. The predicted octanol–water partition coefficient (Wildman–Crippen LogP) is 1.75. The molecule has 0 aromatic carbocycles. The number of pyridine rings is 1. The number of thioether (sulfide) groups is 1. The first-order valence-corrected chi connectivity index (χ1v) is 6.01. The van der Waals surface area contributed by atoms with Crippen LogP contribution in [0.4, 0.5) is 10.2 Å². The standard InChI is InChI=1S/C10H15FN2OS/c1-10(14,7-15-2)6-12-9-5-3-4-8(11)13-9/h3-5,14H,6-7H2,1-2H3,(H,12,13)/t10-/m0/s1. The van der Waals surface area contributed by atoms with E-state index in [1.807, 2.05) is 6.26 Å². The molecule has 0 aliphatic carbocycles. The SMILES string of the molecule is CSC[C@@](C)(O)CNc1cccc(F)n1. The summed E-state index contributed by atoms with van der Waals surface area (Å²) in [4.78, 5) is 3.64. The summed E-state index contributed by atoms with van der Waals surface area (Å²) in [6, 6.07) is 4.53. The highest BCUT2D eigenvalue weighted by Crippen LogP contribution is 2.12. The molecule has 0 fully saturated rings. The van der Waals surface area contributed by atoms with Crippen molar-refractivity contribution in [2.75, 3.05) is 23.9 Å². The second kappa shape index (κ2) is 5.32. The van der Waals surface area contributed by atoms with Crippen molar-refractivity contribution >= 4 is 17.6 Å². The molecule has 0 radical (unpaired) electrons. The summed E-state index contributed by atoms with van der Waals surface area (Å²) >= 11 is 1.56. The summed E-state index contributed by atoms with van der Waals surface area (Å²) in [5, 5.41) is 12.7. The largest absolute Gasteiger partial charge is 0.387 e. The van der Waals surface area contributed by atoms with E-state index in [1.54, 1.807) is 30.8 Å². The van der Waals surface area contributed by atoms with E-state index in [0.29, 0.717) is 18.1 Å². The van der Waals surface area contributed by atoms with E-state index >= 15 is 0 Å². The van der Waals surface area contributed by atoms with E-state index in [-0.39, 0.29) is 0 Å². The third kappa shape index (κ3) is 4.48.